The van der Waals surface area contributed by atoms with Crippen molar-refractivity contribution >= 4 is 11.3 Å². The molecule has 1 aliphatic rings. The standard InChI is InChI=1S/C15H25NS/c1-3-13-7-8-14(17-13)11-15(12-16-2)9-5-4-6-10-15/h7-8,16H,3-6,9-12H2,1-2H3. The Morgan fingerprint density at radius 2 is 1.88 bits per heavy atom. The Morgan fingerprint density at radius 1 is 1.18 bits per heavy atom. The van der Waals surface area contributed by atoms with Gasteiger partial charge in [0.2, 0.25) is 0 Å². The zero-order valence-corrected chi connectivity index (χ0v) is 12.0. The zero-order chi connectivity index (χ0) is 12.1. The summed E-state index contributed by atoms with van der Waals surface area (Å²) in [7, 11) is 2.10. The fraction of sp³-hybridized carbons (Fsp3) is 0.733. The Balaban J connectivity index is 2.05. The van der Waals surface area contributed by atoms with Gasteiger partial charge in [-0.25, -0.2) is 0 Å². The summed E-state index contributed by atoms with van der Waals surface area (Å²) < 4.78 is 0. The second-order valence-electron chi connectivity index (χ2n) is 5.49. The fourth-order valence-corrected chi connectivity index (χ4v) is 4.30. The van der Waals surface area contributed by atoms with Crippen molar-refractivity contribution in [2.45, 2.75) is 51.9 Å². The molecule has 1 aromatic heterocycles. The third-order valence-electron chi connectivity index (χ3n) is 4.08. The first-order valence-corrected chi connectivity index (χ1v) is 7.82. The minimum absolute atomic E-state index is 0.545. The zero-order valence-electron chi connectivity index (χ0n) is 11.2. The lowest BCUT2D eigenvalue weighted by Crippen LogP contribution is -2.36. The van der Waals surface area contributed by atoms with Gasteiger partial charge in [0.15, 0.2) is 0 Å². The van der Waals surface area contributed by atoms with Crippen LogP contribution in [0.4, 0.5) is 0 Å². The fourth-order valence-electron chi connectivity index (χ4n) is 3.17. The highest BCUT2D eigenvalue weighted by atomic mass is 32.1. The van der Waals surface area contributed by atoms with E-state index in [1.165, 1.54) is 56.4 Å². The summed E-state index contributed by atoms with van der Waals surface area (Å²) in [5, 5.41) is 3.42. The Kier molecular flexibility index (Phi) is 4.63. The largest absolute Gasteiger partial charge is 0.319 e. The highest BCUT2D eigenvalue weighted by Gasteiger charge is 2.31. The van der Waals surface area contributed by atoms with Gasteiger partial charge < -0.3 is 5.32 Å². The van der Waals surface area contributed by atoms with Gasteiger partial charge in [-0.15, -0.1) is 11.3 Å². The Bertz CT molecular complexity index is 331. The van der Waals surface area contributed by atoms with Crippen molar-refractivity contribution in [3.05, 3.63) is 21.9 Å². The van der Waals surface area contributed by atoms with Crippen molar-refractivity contribution in [1.29, 1.82) is 0 Å². The Hall–Kier alpha value is -0.340. The van der Waals surface area contributed by atoms with Crippen LogP contribution in [-0.4, -0.2) is 13.6 Å². The van der Waals surface area contributed by atoms with Crippen molar-refractivity contribution in [2.24, 2.45) is 5.41 Å². The van der Waals surface area contributed by atoms with Crippen LogP contribution in [0.15, 0.2) is 12.1 Å². The maximum atomic E-state index is 3.42. The van der Waals surface area contributed by atoms with Crippen LogP contribution in [0, 0.1) is 5.41 Å². The molecule has 2 heteroatoms. The summed E-state index contributed by atoms with van der Waals surface area (Å²) in [6, 6.07) is 4.67. The van der Waals surface area contributed by atoms with E-state index in [0.717, 1.165) is 0 Å². The molecule has 0 amide bonds. The monoisotopic (exact) mass is 251 g/mol. The van der Waals surface area contributed by atoms with Crippen LogP contribution in [0.2, 0.25) is 0 Å². The van der Waals surface area contributed by atoms with Crippen molar-refractivity contribution < 1.29 is 0 Å². The van der Waals surface area contributed by atoms with Crippen LogP contribution in [0.3, 0.4) is 0 Å². The molecule has 1 aromatic rings. The number of thiophene rings is 1. The summed E-state index contributed by atoms with van der Waals surface area (Å²) in [6.07, 6.45) is 9.58. The predicted molar refractivity (Wildman–Crippen MR) is 76.8 cm³/mol. The van der Waals surface area contributed by atoms with Crippen LogP contribution >= 0.6 is 11.3 Å². The molecule has 1 fully saturated rings. The van der Waals surface area contributed by atoms with E-state index < -0.39 is 0 Å². The van der Waals surface area contributed by atoms with Crippen LogP contribution < -0.4 is 5.32 Å². The van der Waals surface area contributed by atoms with Crippen LogP contribution in [0.5, 0.6) is 0 Å². The molecule has 0 aromatic carbocycles. The SMILES string of the molecule is CCc1ccc(CC2(CNC)CCCCC2)s1. The van der Waals surface area contributed by atoms with E-state index in [2.05, 4.69) is 31.4 Å². The molecule has 0 radical (unpaired) electrons. The van der Waals surface area contributed by atoms with Gasteiger partial charge in [0.25, 0.3) is 0 Å². The smallest absolute Gasteiger partial charge is 0.00541 e. The van der Waals surface area contributed by atoms with Crippen molar-refractivity contribution in [2.75, 3.05) is 13.6 Å². The second-order valence-corrected chi connectivity index (χ2v) is 6.74. The lowest BCUT2D eigenvalue weighted by molar-refractivity contribution is 0.186. The van der Waals surface area contributed by atoms with E-state index in [1.807, 2.05) is 11.3 Å². The molecular weight excluding hydrogens is 226 g/mol. The van der Waals surface area contributed by atoms with Crippen molar-refractivity contribution in [1.82, 2.24) is 5.32 Å². The lowest BCUT2D eigenvalue weighted by Gasteiger charge is -2.37. The number of aryl methyl sites for hydroxylation is 1. The molecule has 0 unspecified atom stereocenters. The molecule has 0 saturated heterocycles. The molecule has 0 aliphatic heterocycles. The van der Waals surface area contributed by atoms with Gasteiger partial charge >= 0.3 is 0 Å². The number of nitrogens with one attached hydrogen (secondary N) is 1. The van der Waals surface area contributed by atoms with Gasteiger partial charge in [0, 0.05) is 16.3 Å². The normalized spacial score (nSPS) is 19.4. The minimum Gasteiger partial charge on any atom is -0.319 e. The van der Waals surface area contributed by atoms with Crippen LogP contribution in [0.1, 0.15) is 48.8 Å². The van der Waals surface area contributed by atoms with E-state index in [-0.39, 0.29) is 0 Å². The Labute approximate surface area is 110 Å². The average molecular weight is 251 g/mol. The van der Waals surface area contributed by atoms with Crippen molar-refractivity contribution in [3.63, 3.8) is 0 Å². The van der Waals surface area contributed by atoms with Gasteiger partial charge in [-0.05, 0) is 50.3 Å². The maximum Gasteiger partial charge on any atom is 0.00541 e. The van der Waals surface area contributed by atoms with Gasteiger partial charge in [-0.1, -0.05) is 26.2 Å². The number of rotatable bonds is 5. The van der Waals surface area contributed by atoms with Crippen LogP contribution in [-0.2, 0) is 12.8 Å². The first-order valence-electron chi connectivity index (χ1n) is 7.00. The topological polar surface area (TPSA) is 12.0 Å². The van der Waals surface area contributed by atoms with E-state index in [1.54, 1.807) is 4.88 Å². The van der Waals surface area contributed by atoms with E-state index >= 15 is 0 Å². The lowest BCUT2D eigenvalue weighted by atomic mass is 9.71. The molecule has 0 bridgehead atoms. The second kappa shape index (κ2) is 6.01. The molecule has 0 spiro atoms. The van der Waals surface area contributed by atoms with E-state index in [0.29, 0.717) is 5.41 Å². The highest BCUT2D eigenvalue weighted by molar-refractivity contribution is 7.11. The van der Waals surface area contributed by atoms with Crippen LogP contribution in [0.25, 0.3) is 0 Å². The molecule has 1 aliphatic carbocycles. The van der Waals surface area contributed by atoms with E-state index in [9.17, 15) is 0 Å². The summed E-state index contributed by atoms with van der Waals surface area (Å²) in [4.78, 5) is 3.13. The minimum atomic E-state index is 0.545. The van der Waals surface area contributed by atoms with Gasteiger partial charge in [-0.3, -0.25) is 0 Å². The number of hydrogen-bond acceptors (Lipinski definition) is 2. The maximum absolute atomic E-state index is 3.42. The summed E-state index contributed by atoms with van der Waals surface area (Å²) in [6.45, 7) is 3.44. The summed E-state index contributed by atoms with van der Waals surface area (Å²) >= 11 is 2.02. The third kappa shape index (κ3) is 3.32. The Morgan fingerprint density at radius 3 is 2.47 bits per heavy atom. The summed E-state index contributed by atoms with van der Waals surface area (Å²) in [5.41, 5.74) is 0.545. The average Bonchev–Trinajstić information content (AvgIpc) is 2.78. The predicted octanol–water partition coefficient (Wildman–Crippen LogP) is 4.02. The molecule has 1 nitrogen and oxygen atoms in total. The highest BCUT2D eigenvalue weighted by Crippen LogP contribution is 2.40. The molecular formula is C15H25NS. The summed E-state index contributed by atoms with van der Waals surface area (Å²) in [5.74, 6) is 0. The van der Waals surface area contributed by atoms with E-state index in [4.69, 9.17) is 0 Å². The quantitative estimate of drug-likeness (QED) is 0.833. The number of hydrogen-bond donors (Lipinski definition) is 1. The molecule has 2 rings (SSSR count). The van der Waals surface area contributed by atoms with Gasteiger partial charge in [0.05, 0.1) is 0 Å². The van der Waals surface area contributed by atoms with Gasteiger partial charge in [0.1, 0.15) is 0 Å². The molecule has 1 heterocycles. The third-order valence-corrected chi connectivity index (χ3v) is 5.31. The van der Waals surface area contributed by atoms with Gasteiger partial charge in [-0.2, -0.15) is 0 Å². The molecule has 17 heavy (non-hydrogen) atoms. The van der Waals surface area contributed by atoms with Crippen molar-refractivity contribution in [3.8, 4) is 0 Å². The first-order chi connectivity index (χ1) is 8.28. The molecule has 0 atom stereocenters. The molecule has 1 N–H and O–H groups in total. The first kappa shape index (κ1) is 13.1. The molecule has 1 saturated carbocycles. The molecule has 96 valence electrons.